The summed E-state index contributed by atoms with van der Waals surface area (Å²) >= 11 is 0. The fraction of sp³-hybridized carbons (Fsp3) is 0.333. The minimum absolute atomic E-state index is 0.105. The Labute approximate surface area is 199 Å². The van der Waals surface area contributed by atoms with Gasteiger partial charge in [0.25, 0.3) is 0 Å². The van der Waals surface area contributed by atoms with E-state index in [-0.39, 0.29) is 28.4 Å². The SMILES string of the molecule is COc1ccc2c([O-])c([S+](C)CCCOC(=O)c3cc(OC)c(OC)c(OC)c3)c(=O)oc2c1. The number of esters is 1. The third kappa shape index (κ3) is 5.17. The minimum Gasteiger partial charge on any atom is -0.868 e. The Balaban J connectivity index is 1.66. The third-order valence-electron chi connectivity index (χ3n) is 5.10. The summed E-state index contributed by atoms with van der Waals surface area (Å²) in [5, 5.41) is 13.2. The summed E-state index contributed by atoms with van der Waals surface area (Å²) < 4.78 is 31.6. The molecule has 1 aromatic heterocycles. The Hall–Kier alpha value is -3.53. The molecular weight excluding hydrogens is 464 g/mol. The van der Waals surface area contributed by atoms with Crippen molar-refractivity contribution in [1.29, 1.82) is 0 Å². The van der Waals surface area contributed by atoms with Gasteiger partial charge in [0.05, 0.1) is 40.6 Å². The molecule has 0 aliphatic rings. The van der Waals surface area contributed by atoms with Crippen LogP contribution < -0.4 is 29.7 Å². The molecule has 1 atom stereocenters. The van der Waals surface area contributed by atoms with Crippen LogP contribution in [0.25, 0.3) is 11.0 Å². The van der Waals surface area contributed by atoms with Crippen molar-refractivity contribution in [2.45, 2.75) is 11.3 Å². The zero-order valence-corrected chi connectivity index (χ0v) is 20.4. The highest BCUT2D eigenvalue weighted by Gasteiger charge is 2.24. The molecule has 182 valence electrons. The lowest BCUT2D eigenvalue weighted by molar-refractivity contribution is -0.270. The molecule has 9 nitrogen and oxygen atoms in total. The summed E-state index contributed by atoms with van der Waals surface area (Å²) in [5.41, 5.74) is -0.224. The first-order valence-electron chi connectivity index (χ1n) is 10.3. The maximum atomic E-state index is 12.9. The second-order valence-corrected chi connectivity index (χ2v) is 9.25. The molecule has 0 aliphatic heterocycles. The van der Waals surface area contributed by atoms with Crippen LogP contribution in [0.3, 0.4) is 0 Å². The van der Waals surface area contributed by atoms with Crippen molar-refractivity contribution >= 4 is 27.8 Å². The largest absolute Gasteiger partial charge is 0.868 e. The average Bonchev–Trinajstić information content (AvgIpc) is 2.84. The van der Waals surface area contributed by atoms with Crippen molar-refractivity contribution in [1.82, 2.24) is 0 Å². The molecule has 0 N–H and O–H groups in total. The predicted molar refractivity (Wildman–Crippen MR) is 126 cm³/mol. The number of benzene rings is 2. The summed E-state index contributed by atoms with van der Waals surface area (Å²) in [7, 11) is 5.19. The summed E-state index contributed by atoms with van der Waals surface area (Å²) in [5.74, 6) is 1.11. The highest BCUT2D eigenvalue weighted by atomic mass is 32.2. The van der Waals surface area contributed by atoms with Crippen molar-refractivity contribution in [3.63, 3.8) is 0 Å². The Morgan fingerprint density at radius 3 is 2.26 bits per heavy atom. The molecule has 0 saturated heterocycles. The van der Waals surface area contributed by atoms with Crippen LogP contribution in [0.4, 0.5) is 0 Å². The highest BCUT2D eigenvalue weighted by Crippen LogP contribution is 2.38. The molecule has 0 saturated carbocycles. The molecule has 1 heterocycles. The first-order chi connectivity index (χ1) is 16.3. The van der Waals surface area contributed by atoms with E-state index in [2.05, 4.69) is 0 Å². The van der Waals surface area contributed by atoms with Crippen molar-refractivity contribution in [2.75, 3.05) is 47.1 Å². The fourth-order valence-electron chi connectivity index (χ4n) is 3.39. The van der Waals surface area contributed by atoms with Crippen molar-refractivity contribution < 1.29 is 38.0 Å². The lowest BCUT2D eigenvalue weighted by Gasteiger charge is -2.14. The predicted octanol–water partition coefficient (Wildman–Crippen LogP) is 2.76. The van der Waals surface area contributed by atoms with Crippen LogP contribution in [-0.4, -0.2) is 53.0 Å². The molecule has 10 heteroatoms. The van der Waals surface area contributed by atoms with Crippen molar-refractivity contribution in [3.05, 3.63) is 46.3 Å². The van der Waals surface area contributed by atoms with Gasteiger partial charge < -0.3 is 33.2 Å². The Bertz CT molecular complexity index is 1210. The monoisotopic (exact) mass is 490 g/mol. The van der Waals surface area contributed by atoms with Crippen LogP contribution in [0.5, 0.6) is 28.7 Å². The lowest BCUT2D eigenvalue weighted by Crippen LogP contribution is -2.20. The third-order valence-corrected chi connectivity index (χ3v) is 7.05. The van der Waals surface area contributed by atoms with Crippen LogP contribution in [0.1, 0.15) is 16.8 Å². The van der Waals surface area contributed by atoms with Gasteiger partial charge in [0.2, 0.25) is 10.6 Å². The normalized spacial score (nSPS) is 11.7. The Morgan fingerprint density at radius 2 is 1.68 bits per heavy atom. The number of ether oxygens (including phenoxy) is 5. The van der Waals surface area contributed by atoms with Crippen molar-refractivity contribution in [3.8, 4) is 28.7 Å². The van der Waals surface area contributed by atoms with Gasteiger partial charge in [-0.05, 0) is 30.0 Å². The molecule has 0 fully saturated rings. The van der Waals surface area contributed by atoms with E-state index in [1.165, 1.54) is 46.6 Å². The number of carbonyl (C=O) groups excluding carboxylic acids is 1. The van der Waals surface area contributed by atoms with Crippen LogP contribution >= 0.6 is 0 Å². The maximum absolute atomic E-state index is 12.9. The van der Waals surface area contributed by atoms with E-state index < -0.39 is 22.5 Å². The molecule has 0 amide bonds. The Kier molecular flexibility index (Phi) is 8.17. The number of carbonyl (C=O) groups is 1. The summed E-state index contributed by atoms with van der Waals surface area (Å²) in [6.07, 6.45) is 2.25. The van der Waals surface area contributed by atoms with Crippen LogP contribution in [0.15, 0.2) is 44.4 Å². The molecule has 0 radical (unpaired) electrons. The molecule has 3 aromatic rings. The molecule has 0 spiro atoms. The van der Waals surface area contributed by atoms with Gasteiger partial charge in [-0.3, -0.25) is 0 Å². The first kappa shape index (κ1) is 25.1. The number of fused-ring (bicyclic) bond motifs is 1. The average molecular weight is 491 g/mol. The number of methoxy groups -OCH3 is 4. The van der Waals surface area contributed by atoms with Gasteiger partial charge in [-0.2, -0.15) is 0 Å². The number of hydrogen-bond acceptors (Lipinski definition) is 9. The lowest BCUT2D eigenvalue weighted by atomic mass is 10.2. The fourth-order valence-corrected chi connectivity index (χ4v) is 4.90. The summed E-state index contributed by atoms with van der Waals surface area (Å²) in [4.78, 5) is 25.1. The van der Waals surface area contributed by atoms with Gasteiger partial charge in [0, 0.05) is 28.8 Å². The standard InChI is InChI=1S/C24H26O9S/c1-28-15-7-8-16-17(13-15)33-24(27)22(20(16)25)34(5)10-6-9-32-23(26)14-11-18(29-2)21(31-4)19(12-14)30-3/h7-8,11-13H,6,9-10H2,1-5H3. The van der Waals surface area contributed by atoms with Crippen LogP contribution in [-0.2, 0) is 15.6 Å². The molecule has 0 aliphatic carbocycles. The van der Waals surface area contributed by atoms with Crippen molar-refractivity contribution in [2.24, 2.45) is 0 Å². The zero-order valence-electron chi connectivity index (χ0n) is 19.6. The number of rotatable bonds is 10. The van der Waals surface area contributed by atoms with E-state index in [4.69, 9.17) is 28.1 Å². The highest BCUT2D eigenvalue weighted by molar-refractivity contribution is 7.96. The summed E-state index contributed by atoms with van der Waals surface area (Å²) in [6, 6.07) is 7.75. The van der Waals surface area contributed by atoms with Gasteiger partial charge in [-0.1, -0.05) is 0 Å². The number of hydrogen-bond donors (Lipinski definition) is 0. The van der Waals surface area contributed by atoms with E-state index in [0.29, 0.717) is 40.6 Å². The van der Waals surface area contributed by atoms with E-state index >= 15 is 0 Å². The van der Waals surface area contributed by atoms with Gasteiger partial charge in [-0.25, -0.2) is 9.59 Å². The zero-order chi connectivity index (χ0) is 24.8. The second kappa shape index (κ2) is 11.1. The van der Waals surface area contributed by atoms with Crippen LogP contribution in [0.2, 0.25) is 0 Å². The quantitative estimate of drug-likeness (QED) is 0.183. The Morgan fingerprint density at radius 1 is 1.00 bits per heavy atom. The molecule has 2 aromatic carbocycles. The molecule has 3 rings (SSSR count). The first-order valence-corrected chi connectivity index (χ1v) is 12.1. The summed E-state index contributed by atoms with van der Waals surface area (Å²) in [6.45, 7) is 0.108. The molecule has 0 bridgehead atoms. The smallest absolute Gasteiger partial charge is 0.391 e. The van der Waals surface area contributed by atoms with E-state index in [0.717, 1.165) is 0 Å². The van der Waals surface area contributed by atoms with Gasteiger partial charge >= 0.3 is 11.6 Å². The van der Waals surface area contributed by atoms with Crippen LogP contribution in [0, 0.1) is 0 Å². The topological polar surface area (TPSA) is 116 Å². The molecule has 34 heavy (non-hydrogen) atoms. The minimum atomic E-state index is -0.691. The van der Waals surface area contributed by atoms with E-state index in [1.807, 2.05) is 0 Å². The molecular formula is C24H26O9S. The van der Waals surface area contributed by atoms with Gasteiger partial charge in [0.1, 0.15) is 23.3 Å². The maximum Gasteiger partial charge on any atom is 0.391 e. The second-order valence-electron chi connectivity index (χ2n) is 7.15. The van der Waals surface area contributed by atoms with Gasteiger partial charge in [0.15, 0.2) is 11.5 Å². The molecule has 1 unspecified atom stereocenters. The van der Waals surface area contributed by atoms with E-state index in [1.54, 1.807) is 18.4 Å². The van der Waals surface area contributed by atoms with E-state index in [9.17, 15) is 14.7 Å². The van der Waals surface area contributed by atoms with Gasteiger partial charge in [-0.15, -0.1) is 0 Å².